The van der Waals surface area contributed by atoms with Gasteiger partial charge >= 0.3 is 12.1 Å². The quantitative estimate of drug-likeness (QED) is 0.533. The Morgan fingerprint density at radius 1 is 1.24 bits per heavy atom. The summed E-state index contributed by atoms with van der Waals surface area (Å²) in [6, 6.07) is 5.55. The molecule has 2 aliphatic heterocycles. The molecule has 5 rings (SSSR count). The molecule has 200 valence electrons. The SMILES string of the molecule is CCOC(=O)C1(OC(=O)N2CC3COCC(C2)C3Oc2ncnc(Nc3ccc(C#N)cc3F)c2F)CC1. The van der Waals surface area contributed by atoms with Crippen LogP contribution in [0.2, 0.25) is 0 Å². The number of carbonyl (C=O) groups is 2. The molecule has 1 aromatic carbocycles. The summed E-state index contributed by atoms with van der Waals surface area (Å²) in [5.41, 5.74) is -1.16. The van der Waals surface area contributed by atoms with Crippen molar-refractivity contribution in [3.63, 3.8) is 0 Å². The molecule has 2 saturated heterocycles. The lowest BCUT2D eigenvalue weighted by molar-refractivity contribution is -0.157. The van der Waals surface area contributed by atoms with E-state index in [1.54, 1.807) is 6.92 Å². The molecule has 2 bridgehead atoms. The summed E-state index contributed by atoms with van der Waals surface area (Å²) in [5.74, 6) is -3.44. The Hall–Kier alpha value is -4.05. The van der Waals surface area contributed by atoms with Gasteiger partial charge in [0.15, 0.2) is 5.82 Å². The molecule has 2 aromatic rings. The number of nitriles is 1. The van der Waals surface area contributed by atoms with E-state index < -0.39 is 35.4 Å². The minimum absolute atomic E-state index is 0.0686. The Bertz CT molecular complexity index is 1270. The van der Waals surface area contributed by atoms with Crippen molar-refractivity contribution in [2.24, 2.45) is 11.8 Å². The molecule has 1 saturated carbocycles. The van der Waals surface area contributed by atoms with E-state index >= 15 is 4.39 Å². The van der Waals surface area contributed by atoms with Crippen LogP contribution in [0.4, 0.5) is 25.1 Å². The normalized spacial score (nSPS) is 23.1. The van der Waals surface area contributed by atoms with Crippen molar-refractivity contribution in [3.8, 4) is 11.9 Å². The first-order valence-electron chi connectivity index (χ1n) is 12.2. The Balaban J connectivity index is 1.26. The van der Waals surface area contributed by atoms with Crippen molar-refractivity contribution in [2.75, 3.05) is 38.2 Å². The molecule has 1 N–H and O–H groups in total. The summed E-state index contributed by atoms with van der Waals surface area (Å²) in [4.78, 5) is 34.3. The van der Waals surface area contributed by atoms with Gasteiger partial charge in [-0.3, -0.25) is 0 Å². The van der Waals surface area contributed by atoms with Crippen molar-refractivity contribution in [3.05, 3.63) is 41.7 Å². The van der Waals surface area contributed by atoms with Gasteiger partial charge in [0.25, 0.3) is 5.88 Å². The van der Waals surface area contributed by atoms with Gasteiger partial charge in [0.2, 0.25) is 11.4 Å². The number of halogens is 2. The third-order valence-corrected chi connectivity index (χ3v) is 6.75. The van der Waals surface area contributed by atoms with Gasteiger partial charge in [-0.1, -0.05) is 0 Å². The maximum atomic E-state index is 15.3. The number of hydrogen-bond donors (Lipinski definition) is 1. The first-order chi connectivity index (χ1) is 18.3. The van der Waals surface area contributed by atoms with Gasteiger partial charge in [0.05, 0.1) is 37.1 Å². The van der Waals surface area contributed by atoms with Gasteiger partial charge in [-0.15, -0.1) is 0 Å². The van der Waals surface area contributed by atoms with Crippen LogP contribution in [0.25, 0.3) is 0 Å². The number of carbonyl (C=O) groups excluding carboxylic acids is 2. The van der Waals surface area contributed by atoms with Gasteiger partial charge < -0.3 is 29.2 Å². The Morgan fingerprint density at radius 3 is 2.61 bits per heavy atom. The largest absolute Gasteiger partial charge is 0.471 e. The molecule has 1 amide bonds. The Morgan fingerprint density at radius 2 is 1.97 bits per heavy atom. The number of piperidine rings is 1. The summed E-state index contributed by atoms with van der Waals surface area (Å²) < 4.78 is 51.7. The average molecular weight is 530 g/mol. The molecule has 11 nitrogen and oxygen atoms in total. The second kappa shape index (κ2) is 10.4. The molecule has 2 unspecified atom stereocenters. The molecule has 3 heterocycles. The van der Waals surface area contributed by atoms with Crippen molar-refractivity contribution >= 4 is 23.6 Å². The highest BCUT2D eigenvalue weighted by Gasteiger charge is 2.57. The topological polar surface area (TPSA) is 136 Å². The third-order valence-electron chi connectivity index (χ3n) is 6.75. The maximum Gasteiger partial charge on any atom is 0.410 e. The van der Waals surface area contributed by atoms with E-state index in [1.165, 1.54) is 17.0 Å². The average Bonchev–Trinajstić information content (AvgIpc) is 3.68. The van der Waals surface area contributed by atoms with Gasteiger partial charge in [0.1, 0.15) is 18.2 Å². The predicted octanol–water partition coefficient (Wildman–Crippen LogP) is 2.93. The van der Waals surface area contributed by atoms with E-state index in [2.05, 4.69) is 15.3 Å². The van der Waals surface area contributed by atoms with Crippen LogP contribution in [-0.4, -0.2) is 71.5 Å². The van der Waals surface area contributed by atoms with Crippen LogP contribution in [-0.2, 0) is 19.0 Å². The molecule has 3 fully saturated rings. The monoisotopic (exact) mass is 529 g/mol. The molecule has 3 aliphatic rings. The molecule has 0 radical (unpaired) electrons. The number of nitrogens with one attached hydrogen (secondary N) is 1. The number of hydrogen-bond acceptors (Lipinski definition) is 10. The number of likely N-dealkylation sites (tertiary alicyclic amines) is 1. The summed E-state index contributed by atoms with van der Waals surface area (Å²) in [6.45, 7) is 2.85. The van der Waals surface area contributed by atoms with E-state index in [-0.39, 0.29) is 67.7 Å². The highest BCUT2D eigenvalue weighted by Crippen LogP contribution is 2.42. The standard InChI is InChI=1S/C25H25F2N5O6/c1-2-36-23(33)25(5-6-25)38-24(34)32-9-15-11-35-12-16(10-32)20(15)37-22-19(27)21(29-13-30-22)31-18-4-3-14(8-28)7-17(18)26/h3-4,7,13,15-16,20H,2,5-6,9-12H2,1H3,(H,29,30,31). The first-order valence-corrected chi connectivity index (χ1v) is 12.2. The molecule has 0 spiro atoms. The lowest BCUT2D eigenvalue weighted by Crippen LogP contribution is -2.59. The van der Waals surface area contributed by atoms with Gasteiger partial charge in [-0.05, 0) is 25.1 Å². The van der Waals surface area contributed by atoms with Crippen LogP contribution in [0.3, 0.4) is 0 Å². The van der Waals surface area contributed by atoms with Crippen molar-refractivity contribution in [1.82, 2.24) is 14.9 Å². The zero-order valence-electron chi connectivity index (χ0n) is 20.5. The lowest BCUT2D eigenvalue weighted by atomic mass is 9.84. The molecule has 38 heavy (non-hydrogen) atoms. The van der Waals surface area contributed by atoms with E-state index in [0.29, 0.717) is 12.8 Å². The van der Waals surface area contributed by atoms with Crippen LogP contribution >= 0.6 is 0 Å². The van der Waals surface area contributed by atoms with E-state index in [9.17, 15) is 14.0 Å². The highest BCUT2D eigenvalue weighted by atomic mass is 19.1. The second-order valence-corrected chi connectivity index (χ2v) is 9.40. The Labute approximate surface area is 216 Å². The predicted molar refractivity (Wildman–Crippen MR) is 125 cm³/mol. The van der Waals surface area contributed by atoms with Crippen LogP contribution in [0.1, 0.15) is 25.3 Å². The zero-order chi connectivity index (χ0) is 26.9. The summed E-state index contributed by atoms with van der Waals surface area (Å²) in [6.07, 6.45) is 0.795. The molecular weight excluding hydrogens is 504 g/mol. The number of esters is 1. The number of rotatable bonds is 7. The van der Waals surface area contributed by atoms with Crippen LogP contribution in [0.5, 0.6) is 5.88 Å². The first kappa shape index (κ1) is 25.6. The molecular formula is C25H25F2N5O6. The molecule has 13 heteroatoms. The summed E-state index contributed by atoms with van der Waals surface area (Å²) >= 11 is 0. The third kappa shape index (κ3) is 5.04. The zero-order valence-corrected chi connectivity index (χ0v) is 20.5. The maximum absolute atomic E-state index is 15.3. The minimum Gasteiger partial charge on any atom is -0.471 e. The molecule has 1 aliphatic carbocycles. The minimum atomic E-state index is -1.21. The van der Waals surface area contributed by atoms with Crippen molar-refractivity contribution in [1.29, 1.82) is 5.26 Å². The molecule has 1 aromatic heterocycles. The fourth-order valence-corrected chi connectivity index (χ4v) is 4.66. The van der Waals surface area contributed by atoms with Crippen LogP contribution in [0.15, 0.2) is 24.5 Å². The fraction of sp³-hybridized carbons (Fsp3) is 0.480. The van der Waals surface area contributed by atoms with Gasteiger partial charge in [-0.2, -0.15) is 14.6 Å². The number of ether oxygens (including phenoxy) is 4. The number of benzene rings is 1. The fourth-order valence-electron chi connectivity index (χ4n) is 4.66. The highest BCUT2D eigenvalue weighted by molar-refractivity contribution is 5.86. The summed E-state index contributed by atoms with van der Waals surface area (Å²) in [7, 11) is 0. The number of fused-ring (bicyclic) bond motifs is 2. The number of anilines is 2. The number of nitrogens with zero attached hydrogens (tertiary/aromatic N) is 4. The second-order valence-electron chi connectivity index (χ2n) is 9.40. The molecule has 2 atom stereocenters. The smallest absolute Gasteiger partial charge is 0.410 e. The lowest BCUT2D eigenvalue weighted by Gasteiger charge is -2.45. The van der Waals surface area contributed by atoms with Gasteiger partial charge in [-0.25, -0.2) is 19.0 Å². The van der Waals surface area contributed by atoms with E-state index in [0.717, 1.165) is 12.4 Å². The van der Waals surface area contributed by atoms with Crippen LogP contribution < -0.4 is 10.1 Å². The number of aromatic nitrogens is 2. The Kier molecular flexibility index (Phi) is 6.98. The van der Waals surface area contributed by atoms with Crippen LogP contribution in [0, 0.1) is 34.8 Å². The van der Waals surface area contributed by atoms with Crippen molar-refractivity contribution < 1.29 is 37.3 Å². The van der Waals surface area contributed by atoms with Gasteiger partial charge in [0, 0.05) is 37.8 Å². The summed E-state index contributed by atoms with van der Waals surface area (Å²) in [5, 5.41) is 11.5. The van der Waals surface area contributed by atoms with E-state index in [1.807, 2.05) is 6.07 Å². The van der Waals surface area contributed by atoms with E-state index in [4.69, 9.17) is 24.2 Å². The number of amides is 1. The van der Waals surface area contributed by atoms with Crippen molar-refractivity contribution in [2.45, 2.75) is 31.5 Å².